The van der Waals surface area contributed by atoms with E-state index in [0.29, 0.717) is 17.0 Å². The van der Waals surface area contributed by atoms with E-state index >= 15 is 0 Å². The summed E-state index contributed by atoms with van der Waals surface area (Å²) in [7, 11) is -0.939. The van der Waals surface area contributed by atoms with Crippen LogP contribution in [-0.4, -0.2) is 67.3 Å². The van der Waals surface area contributed by atoms with Crippen molar-refractivity contribution in [3.63, 3.8) is 0 Å². The van der Waals surface area contributed by atoms with Crippen LogP contribution in [0.15, 0.2) is 12.7 Å². The maximum Gasteiger partial charge on any atom is 0.469 e. The van der Waals surface area contributed by atoms with Crippen molar-refractivity contribution in [2.75, 3.05) is 25.6 Å². The number of aliphatic hydroxyl groups is 1. The van der Waals surface area contributed by atoms with Gasteiger partial charge in [-0.1, -0.05) is 0 Å². The Morgan fingerprint density at radius 3 is 2.83 bits per heavy atom. The average Bonchev–Trinajstić information content (AvgIpc) is 3.07. The summed E-state index contributed by atoms with van der Waals surface area (Å²) in [6.07, 6.45) is 0.831. The third kappa shape index (κ3) is 3.41. The van der Waals surface area contributed by atoms with Crippen LogP contribution in [0.2, 0.25) is 0 Å². The minimum Gasteiger partial charge on any atom is -0.390 e. The molecular formula is C12H18N5O6P. The molecule has 3 heterocycles. The van der Waals surface area contributed by atoms with E-state index in [2.05, 4.69) is 19.5 Å². The Kier molecular flexibility index (Phi) is 4.56. The fraction of sp³-hybridized carbons (Fsp3) is 0.583. The minimum absolute atomic E-state index is 0.224. The fourth-order valence-corrected chi connectivity index (χ4v) is 2.93. The molecule has 3 rings (SSSR count). The summed E-state index contributed by atoms with van der Waals surface area (Å²) in [4.78, 5) is 32.0. The molecule has 0 unspecified atom stereocenters. The molecule has 3 atom stereocenters. The fourth-order valence-electron chi connectivity index (χ4n) is 2.58. The highest BCUT2D eigenvalue weighted by molar-refractivity contribution is 7.46. The largest absolute Gasteiger partial charge is 0.469 e. The van der Waals surface area contributed by atoms with Crippen molar-refractivity contribution in [3.8, 4) is 0 Å². The molecule has 1 fully saturated rings. The number of ether oxygens (including phenoxy) is 1. The molecule has 0 spiro atoms. The zero-order valence-corrected chi connectivity index (χ0v) is 13.9. The maximum atomic E-state index is 10.8. The summed E-state index contributed by atoms with van der Waals surface area (Å²) in [6, 6.07) is 0. The van der Waals surface area contributed by atoms with Crippen LogP contribution >= 0.6 is 7.82 Å². The van der Waals surface area contributed by atoms with Gasteiger partial charge in [-0.2, -0.15) is 0 Å². The van der Waals surface area contributed by atoms with Crippen LogP contribution in [0.1, 0.15) is 12.6 Å². The van der Waals surface area contributed by atoms with Gasteiger partial charge < -0.3 is 24.5 Å². The second kappa shape index (κ2) is 6.36. The summed E-state index contributed by atoms with van der Waals surface area (Å²) < 4.78 is 22.5. The number of rotatable bonds is 5. The molecule has 132 valence electrons. The highest BCUT2D eigenvalue weighted by Crippen LogP contribution is 2.38. The van der Waals surface area contributed by atoms with Gasteiger partial charge in [-0.3, -0.25) is 9.09 Å². The minimum atomic E-state index is -4.62. The van der Waals surface area contributed by atoms with E-state index in [9.17, 15) is 9.67 Å². The molecule has 12 heteroatoms. The molecule has 24 heavy (non-hydrogen) atoms. The number of hydrogen-bond acceptors (Lipinski definition) is 8. The van der Waals surface area contributed by atoms with Crippen LogP contribution in [0.3, 0.4) is 0 Å². The molecule has 2 aromatic rings. The van der Waals surface area contributed by atoms with Gasteiger partial charge in [-0.15, -0.1) is 0 Å². The normalized spacial score (nSPS) is 24.6. The third-order valence-electron chi connectivity index (χ3n) is 3.68. The lowest BCUT2D eigenvalue weighted by Crippen LogP contribution is -2.25. The molecule has 0 aliphatic carbocycles. The average molecular weight is 359 g/mol. The Balaban J connectivity index is 1.82. The number of hydrogen-bond donors (Lipinski definition) is 3. The van der Waals surface area contributed by atoms with Crippen molar-refractivity contribution >= 4 is 24.8 Å². The Hall–Kier alpha value is -1.62. The predicted molar refractivity (Wildman–Crippen MR) is 82.2 cm³/mol. The molecule has 11 nitrogen and oxygen atoms in total. The molecule has 2 aromatic heterocycles. The zero-order valence-electron chi connectivity index (χ0n) is 13.1. The second-order valence-electron chi connectivity index (χ2n) is 5.63. The molecular weight excluding hydrogens is 341 g/mol. The van der Waals surface area contributed by atoms with Crippen molar-refractivity contribution in [2.45, 2.75) is 24.9 Å². The van der Waals surface area contributed by atoms with Crippen LogP contribution < -0.4 is 4.90 Å². The summed E-state index contributed by atoms with van der Waals surface area (Å²) in [6.45, 7) is -0.410. The standard InChI is InChI=1S/C12H18N5O6P/c1-16(2)11-10-12(14-5-13-11)17(6-15-10)9-3-7(18)8(23-9)4-22-24(19,20)21/h5-9,18H,3-4H2,1-2H3,(H2,19,20,21)/t7-,8+,9+/m0/s1. The first kappa shape index (κ1) is 17.2. The van der Waals surface area contributed by atoms with Gasteiger partial charge in [0, 0.05) is 20.5 Å². The number of nitrogens with zero attached hydrogens (tertiary/aromatic N) is 5. The molecule has 0 aromatic carbocycles. The van der Waals surface area contributed by atoms with Crippen LogP contribution in [0.5, 0.6) is 0 Å². The van der Waals surface area contributed by atoms with Gasteiger partial charge in [0.05, 0.1) is 19.0 Å². The second-order valence-corrected chi connectivity index (χ2v) is 6.87. The van der Waals surface area contributed by atoms with Crippen molar-refractivity contribution in [1.82, 2.24) is 19.5 Å². The Morgan fingerprint density at radius 2 is 2.17 bits per heavy atom. The first-order chi connectivity index (χ1) is 11.3. The molecule has 3 N–H and O–H groups in total. The van der Waals surface area contributed by atoms with E-state index in [-0.39, 0.29) is 6.42 Å². The van der Waals surface area contributed by atoms with Gasteiger partial charge in [0.1, 0.15) is 18.7 Å². The van der Waals surface area contributed by atoms with Crippen LogP contribution in [0, 0.1) is 0 Å². The van der Waals surface area contributed by atoms with E-state index in [1.165, 1.54) is 12.7 Å². The smallest absolute Gasteiger partial charge is 0.390 e. The van der Waals surface area contributed by atoms with E-state index in [1.807, 2.05) is 19.0 Å². The monoisotopic (exact) mass is 359 g/mol. The molecule has 0 bridgehead atoms. The van der Waals surface area contributed by atoms with Gasteiger partial charge in [0.2, 0.25) is 0 Å². The topological polar surface area (TPSA) is 143 Å². The molecule has 1 saturated heterocycles. The van der Waals surface area contributed by atoms with Crippen molar-refractivity contribution < 1.29 is 28.7 Å². The van der Waals surface area contributed by atoms with E-state index < -0.39 is 32.9 Å². The molecule has 0 saturated carbocycles. The van der Waals surface area contributed by atoms with Gasteiger partial charge in [-0.25, -0.2) is 19.5 Å². The number of fused-ring (bicyclic) bond motifs is 1. The lowest BCUT2D eigenvalue weighted by molar-refractivity contribution is -0.0424. The summed E-state index contributed by atoms with van der Waals surface area (Å²) in [5, 5.41) is 10.0. The Morgan fingerprint density at radius 1 is 1.42 bits per heavy atom. The van der Waals surface area contributed by atoms with Gasteiger partial charge in [0.25, 0.3) is 0 Å². The lowest BCUT2D eigenvalue weighted by Gasteiger charge is -2.16. The number of phosphoric acid groups is 1. The number of imidazole rings is 1. The number of anilines is 1. The lowest BCUT2D eigenvalue weighted by atomic mass is 10.2. The first-order valence-electron chi connectivity index (χ1n) is 7.14. The van der Waals surface area contributed by atoms with E-state index in [1.54, 1.807) is 4.57 Å². The molecule has 1 aliphatic rings. The SMILES string of the molecule is CN(C)c1ncnc2c1ncn2[C@H]1C[C@H](O)[C@@H](COP(=O)(O)O)O1. The van der Waals surface area contributed by atoms with Crippen molar-refractivity contribution in [2.24, 2.45) is 0 Å². The number of aliphatic hydroxyl groups excluding tert-OH is 1. The zero-order chi connectivity index (χ0) is 17.5. The first-order valence-corrected chi connectivity index (χ1v) is 8.68. The maximum absolute atomic E-state index is 10.8. The Bertz CT molecular complexity index is 776. The highest BCUT2D eigenvalue weighted by atomic mass is 31.2. The van der Waals surface area contributed by atoms with Crippen molar-refractivity contribution in [3.05, 3.63) is 12.7 Å². The van der Waals surface area contributed by atoms with Crippen LogP contribution in [0.25, 0.3) is 11.2 Å². The van der Waals surface area contributed by atoms with Crippen LogP contribution in [0.4, 0.5) is 5.82 Å². The van der Waals surface area contributed by atoms with E-state index in [4.69, 9.17) is 14.5 Å². The summed E-state index contributed by atoms with van der Waals surface area (Å²) in [5.41, 5.74) is 1.14. The molecule has 0 radical (unpaired) electrons. The number of aromatic nitrogens is 4. The summed E-state index contributed by atoms with van der Waals surface area (Å²) >= 11 is 0. The summed E-state index contributed by atoms with van der Waals surface area (Å²) in [5.74, 6) is 0.652. The molecule has 1 aliphatic heterocycles. The highest BCUT2D eigenvalue weighted by Gasteiger charge is 2.37. The van der Waals surface area contributed by atoms with Gasteiger partial charge in [0.15, 0.2) is 17.0 Å². The quantitative estimate of drug-likeness (QED) is 0.606. The third-order valence-corrected chi connectivity index (χ3v) is 4.17. The van der Waals surface area contributed by atoms with Crippen LogP contribution in [-0.2, 0) is 13.8 Å². The van der Waals surface area contributed by atoms with Crippen molar-refractivity contribution in [1.29, 1.82) is 0 Å². The predicted octanol–water partition coefficient (Wildman–Crippen LogP) is -0.350. The number of phosphoric ester groups is 1. The Labute approximate surface area is 137 Å². The molecule has 0 amide bonds. The van der Waals surface area contributed by atoms with Gasteiger partial charge >= 0.3 is 7.82 Å². The van der Waals surface area contributed by atoms with E-state index in [0.717, 1.165) is 0 Å². The van der Waals surface area contributed by atoms with Gasteiger partial charge in [-0.05, 0) is 0 Å².